The summed E-state index contributed by atoms with van der Waals surface area (Å²) < 4.78 is 34.5. The third-order valence-electron chi connectivity index (χ3n) is 7.02. The van der Waals surface area contributed by atoms with Gasteiger partial charge in [-0.3, -0.25) is 24.0 Å². The molecule has 2 amide bonds. The molecule has 0 aliphatic heterocycles. The van der Waals surface area contributed by atoms with Crippen molar-refractivity contribution in [2.24, 2.45) is 0 Å². The molecule has 3 aromatic rings. The Morgan fingerprint density at radius 1 is 1.07 bits per heavy atom. The van der Waals surface area contributed by atoms with Gasteiger partial charge >= 0.3 is 0 Å². The Kier molecular flexibility index (Phi) is 11.1. The molecular weight excluding hydrogens is 596 g/mol. The van der Waals surface area contributed by atoms with Gasteiger partial charge in [-0.25, -0.2) is 8.42 Å². The van der Waals surface area contributed by atoms with Crippen LogP contribution in [0.3, 0.4) is 0 Å². The summed E-state index contributed by atoms with van der Waals surface area (Å²) >= 11 is 6.25. The minimum absolute atomic E-state index is 0.0192. The molecule has 3 rings (SSSR count). The monoisotopic (exact) mass is 630 g/mol. The second kappa shape index (κ2) is 14.3. The fourth-order valence-corrected chi connectivity index (χ4v) is 5.88. The van der Waals surface area contributed by atoms with E-state index in [0.29, 0.717) is 6.42 Å². The molecule has 0 aliphatic rings. The predicted molar refractivity (Wildman–Crippen MR) is 165 cm³/mol. The molecule has 0 radical (unpaired) electrons. The van der Waals surface area contributed by atoms with Gasteiger partial charge in [-0.05, 0) is 57.0 Å². The topological polar surface area (TPSA) is 139 Å². The number of methoxy groups -OCH3 is 1. The highest BCUT2D eigenvalue weighted by molar-refractivity contribution is 7.92. The van der Waals surface area contributed by atoms with E-state index in [1.54, 1.807) is 31.2 Å². The van der Waals surface area contributed by atoms with E-state index in [0.717, 1.165) is 15.9 Å². The molecule has 0 saturated carbocycles. The molecule has 43 heavy (non-hydrogen) atoms. The fraction of sp³-hybridized carbons (Fsp3) is 0.333. The summed E-state index contributed by atoms with van der Waals surface area (Å²) in [6.07, 6.45) is 0.675. The molecule has 3 aromatic carbocycles. The van der Waals surface area contributed by atoms with Gasteiger partial charge in [-0.1, -0.05) is 54.9 Å². The standard InChI is InChI=1S/C30H35ClN4O7S/c1-6-21(3)32-30(37)22(4)33(18-23-10-8-7-9-11-23)29(36)19-34(27-16-24(31)13-15-28(27)42-5)43(40,41)25-14-12-20(2)26(17-25)35(38)39/h7-17,21-22H,6,18-19H2,1-5H3,(H,32,37)/t21-,22-/m1/s1. The molecule has 230 valence electrons. The largest absolute Gasteiger partial charge is 0.495 e. The van der Waals surface area contributed by atoms with Gasteiger partial charge in [0.15, 0.2) is 0 Å². The number of nitro benzene ring substituents is 1. The zero-order valence-corrected chi connectivity index (χ0v) is 26.2. The molecule has 1 N–H and O–H groups in total. The van der Waals surface area contributed by atoms with Crippen LogP contribution in [0.1, 0.15) is 38.3 Å². The predicted octanol–water partition coefficient (Wildman–Crippen LogP) is 5.09. The number of halogens is 1. The number of amides is 2. The van der Waals surface area contributed by atoms with Crippen molar-refractivity contribution in [2.75, 3.05) is 18.0 Å². The Morgan fingerprint density at radius 3 is 2.35 bits per heavy atom. The first-order valence-electron chi connectivity index (χ1n) is 13.5. The van der Waals surface area contributed by atoms with Crippen LogP contribution in [0.5, 0.6) is 5.75 Å². The number of benzene rings is 3. The van der Waals surface area contributed by atoms with E-state index in [4.69, 9.17) is 16.3 Å². The van der Waals surface area contributed by atoms with Crippen molar-refractivity contribution in [1.29, 1.82) is 0 Å². The minimum Gasteiger partial charge on any atom is -0.495 e. The van der Waals surface area contributed by atoms with Gasteiger partial charge in [-0.15, -0.1) is 0 Å². The highest BCUT2D eigenvalue weighted by Crippen LogP contribution is 2.36. The van der Waals surface area contributed by atoms with Crippen LogP contribution in [0.15, 0.2) is 71.6 Å². The van der Waals surface area contributed by atoms with Crippen molar-refractivity contribution in [1.82, 2.24) is 10.2 Å². The lowest BCUT2D eigenvalue weighted by molar-refractivity contribution is -0.385. The Bertz CT molecular complexity index is 1580. The number of aryl methyl sites for hydroxylation is 1. The van der Waals surface area contributed by atoms with E-state index >= 15 is 0 Å². The number of anilines is 1. The second-order valence-corrected chi connectivity index (χ2v) is 12.3. The van der Waals surface area contributed by atoms with Crippen LogP contribution >= 0.6 is 11.6 Å². The quantitative estimate of drug-likeness (QED) is 0.205. The number of ether oxygens (including phenoxy) is 1. The smallest absolute Gasteiger partial charge is 0.273 e. The fourth-order valence-electron chi connectivity index (χ4n) is 4.27. The average Bonchev–Trinajstić information content (AvgIpc) is 2.98. The van der Waals surface area contributed by atoms with Crippen LogP contribution in [0.25, 0.3) is 0 Å². The lowest BCUT2D eigenvalue weighted by atomic mass is 10.1. The first-order chi connectivity index (χ1) is 20.3. The van der Waals surface area contributed by atoms with Gasteiger partial charge in [0.1, 0.15) is 18.3 Å². The van der Waals surface area contributed by atoms with Crippen LogP contribution in [0.2, 0.25) is 5.02 Å². The van der Waals surface area contributed by atoms with Crippen LogP contribution in [0, 0.1) is 17.0 Å². The summed E-state index contributed by atoms with van der Waals surface area (Å²) in [4.78, 5) is 39.1. The minimum atomic E-state index is -4.60. The number of nitro groups is 1. The molecule has 0 spiro atoms. The zero-order chi connectivity index (χ0) is 31.9. The number of nitrogens with zero attached hydrogens (tertiary/aromatic N) is 3. The third-order valence-corrected chi connectivity index (χ3v) is 9.01. The van der Waals surface area contributed by atoms with Crippen molar-refractivity contribution in [2.45, 2.75) is 57.6 Å². The van der Waals surface area contributed by atoms with Gasteiger partial charge in [-0.2, -0.15) is 0 Å². The maximum absolute atomic E-state index is 14.2. The van der Waals surface area contributed by atoms with E-state index in [1.165, 1.54) is 49.3 Å². The lowest BCUT2D eigenvalue weighted by Crippen LogP contribution is -2.52. The van der Waals surface area contributed by atoms with Gasteiger partial charge in [0.2, 0.25) is 11.8 Å². The average molecular weight is 631 g/mol. The maximum Gasteiger partial charge on any atom is 0.273 e. The van der Waals surface area contributed by atoms with Gasteiger partial charge in [0.25, 0.3) is 15.7 Å². The van der Waals surface area contributed by atoms with Gasteiger partial charge in [0, 0.05) is 29.2 Å². The summed E-state index contributed by atoms with van der Waals surface area (Å²) in [6, 6.07) is 15.6. The van der Waals surface area contributed by atoms with Crippen LogP contribution in [-0.4, -0.2) is 55.8 Å². The number of carbonyl (C=O) groups is 2. The summed E-state index contributed by atoms with van der Waals surface area (Å²) in [5.74, 6) is -0.995. The normalized spacial score (nSPS) is 12.6. The van der Waals surface area contributed by atoms with E-state index in [2.05, 4.69) is 5.32 Å². The Morgan fingerprint density at radius 2 is 1.74 bits per heavy atom. The maximum atomic E-state index is 14.2. The summed E-state index contributed by atoms with van der Waals surface area (Å²) in [5, 5.41) is 14.7. The molecular formula is C30H35ClN4O7S. The molecule has 0 aliphatic carbocycles. The number of nitrogens with one attached hydrogen (secondary N) is 1. The van der Waals surface area contributed by atoms with Crippen LogP contribution in [-0.2, 0) is 26.2 Å². The van der Waals surface area contributed by atoms with E-state index in [9.17, 15) is 28.1 Å². The molecule has 11 nitrogen and oxygen atoms in total. The van der Waals surface area contributed by atoms with E-state index in [1.807, 2.05) is 19.9 Å². The van der Waals surface area contributed by atoms with Gasteiger partial charge in [0.05, 0.1) is 22.6 Å². The summed E-state index contributed by atoms with van der Waals surface area (Å²) in [6.45, 7) is 6.08. The molecule has 2 atom stereocenters. The van der Waals surface area contributed by atoms with Crippen molar-refractivity contribution < 1.29 is 27.7 Å². The highest BCUT2D eigenvalue weighted by Gasteiger charge is 2.35. The summed E-state index contributed by atoms with van der Waals surface area (Å²) in [5.41, 5.74) is 0.541. The van der Waals surface area contributed by atoms with E-state index in [-0.39, 0.29) is 34.6 Å². The van der Waals surface area contributed by atoms with Crippen molar-refractivity contribution >= 4 is 44.8 Å². The number of hydrogen-bond acceptors (Lipinski definition) is 7. The number of sulfonamides is 1. The Hall–Kier alpha value is -4.16. The second-order valence-electron chi connectivity index (χ2n) is 10.0. The first kappa shape index (κ1) is 33.3. The molecule has 0 bridgehead atoms. The number of carbonyl (C=O) groups excluding carboxylic acids is 2. The molecule has 0 heterocycles. The first-order valence-corrected chi connectivity index (χ1v) is 15.4. The Balaban J connectivity index is 2.15. The van der Waals surface area contributed by atoms with Crippen LogP contribution in [0.4, 0.5) is 11.4 Å². The molecule has 13 heteroatoms. The van der Waals surface area contributed by atoms with Gasteiger partial charge < -0.3 is 15.0 Å². The lowest BCUT2D eigenvalue weighted by Gasteiger charge is -2.32. The van der Waals surface area contributed by atoms with Crippen molar-refractivity contribution in [3.05, 3.63) is 93.0 Å². The molecule has 0 saturated heterocycles. The van der Waals surface area contributed by atoms with E-state index < -0.39 is 49.9 Å². The summed E-state index contributed by atoms with van der Waals surface area (Å²) in [7, 11) is -3.27. The zero-order valence-electron chi connectivity index (χ0n) is 24.6. The van der Waals surface area contributed by atoms with Crippen molar-refractivity contribution in [3.8, 4) is 5.75 Å². The highest BCUT2D eigenvalue weighted by atomic mass is 35.5. The van der Waals surface area contributed by atoms with Crippen LogP contribution < -0.4 is 14.4 Å². The third kappa shape index (κ3) is 8.02. The SMILES string of the molecule is CC[C@@H](C)NC(=O)[C@@H](C)N(Cc1ccccc1)C(=O)CN(c1cc(Cl)ccc1OC)S(=O)(=O)c1ccc(C)c([N+](=O)[O-])c1. The molecule has 0 aromatic heterocycles. The number of hydrogen-bond donors (Lipinski definition) is 1. The number of rotatable bonds is 13. The molecule has 0 fully saturated rings. The Labute approximate surface area is 256 Å². The molecule has 0 unspecified atom stereocenters. The van der Waals surface area contributed by atoms with Crippen molar-refractivity contribution in [3.63, 3.8) is 0 Å².